The largest absolute Gasteiger partial charge is 0.311 e. The van der Waals surface area contributed by atoms with Crippen LogP contribution in [0.4, 0.5) is 34.1 Å². The minimum atomic E-state index is -0.174. The molecule has 0 spiro atoms. The molecule has 5 nitrogen and oxygen atoms in total. The quantitative estimate of drug-likeness (QED) is 0.121. The Labute approximate surface area is 553 Å². The lowest BCUT2D eigenvalue weighted by atomic mass is 9.33. The van der Waals surface area contributed by atoms with E-state index in [0.717, 1.165) is 118 Å². The minimum Gasteiger partial charge on any atom is -0.311 e. The molecule has 0 radical (unpaired) electrons. The topological polar surface area (TPSA) is 45.2 Å². The smallest absolute Gasteiger partial charge is 0.252 e. The molecule has 0 saturated heterocycles. The summed E-state index contributed by atoms with van der Waals surface area (Å²) in [5.74, 6) is 1.67. The number of benzene rings is 15. The number of hydrogen-bond donors (Lipinski definition) is 0. The van der Waals surface area contributed by atoms with Crippen LogP contribution < -0.4 is 26.2 Å². The van der Waals surface area contributed by atoms with Gasteiger partial charge >= 0.3 is 0 Å². The second-order valence-corrected chi connectivity index (χ2v) is 24.7. The van der Waals surface area contributed by atoms with Crippen molar-refractivity contribution in [2.45, 2.75) is 0 Å². The van der Waals surface area contributed by atoms with Crippen LogP contribution in [-0.4, -0.2) is 21.7 Å². The monoisotopic (exact) mass is 1210 g/mol. The molecule has 0 fully saturated rings. The van der Waals surface area contributed by atoms with Crippen molar-refractivity contribution < 1.29 is 0 Å². The van der Waals surface area contributed by atoms with Crippen LogP contribution >= 0.6 is 0 Å². The van der Waals surface area contributed by atoms with Gasteiger partial charge in [-0.25, -0.2) is 15.0 Å². The van der Waals surface area contributed by atoms with Crippen LogP contribution in [0.25, 0.3) is 122 Å². The van der Waals surface area contributed by atoms with Crippen molar-refractivity contribution in [3.8, 4) is 101 Å². The Morgan fingerprint density at radius 1 is 0.211 bits per heavy atom. The van der Waals surface area contributed by atoms with Gasteiger partial charge < -0.3 is 9.80 Å². The van der Waals surface area contributed by atoms with E-state index >= 15 is 0 Å². The van der Waals surface area contributed by atoms with Gasteiger partial charge in [0.1, 0.15) is 0 Å². The van der Waals surface area contributed by atoms with Crippen LogP contribution in [0.2, 0.25) is 0 Å². The summed E-state index contributed by atoms with van der Waals surface area (Å²) in [5, 5.41) is 4.67. The van der Waals surface area contributed by atoms with Crippen molar-refractivity contribution in [2.24, 2.45) is 0 Å². The molecule has 1 aromatic heterocycles. The maximum Gasteiger partial charge on any atom is 0.252 e. The number of hydrogen-bond acceptors (Lipinski definition) is 5. The molecule has 0 aliphatic carbocycles. The summed E-state index contributed by atoms with van der Waals surface area (Å²) in [6, 6.07) is 128. The van der Waals surface area contributed by atoms with Crippen molar-refractivity contribution in [3.63, 3.8) is 0 Å². The van der Waals surface area contributed by atoms with Gasteiger partial charge in [-0.2, -0.15) is 0 Å². The highest BCUT2D eigenvalue weighted by molar-refractivity contribution is 7.00. The summed E-state index contributed by atoms with van der Waals surface area (Å²) in [6.45, 7) is -0.174. The third-order valence-electron chi connectivity index (χ3n) is 19.0. The fourth-order valence-corrected chi connectivity index (χ4v) is 14.5. The average Bonchev–Trinajstić information content (AvgIpc) is 0.688. The van der Waals surface area contributed by atoms with Gasteiger partial charge in [0, 0.05) is 61.6 Å². The van der Waals surface area contributed by atoms with Gasteiger partial charge in [0.05, 0.1) is 0 Å². The van der Waals surface area contributed by atoms with Gasteiger partial charge in [0.25, 0.3) is 6.71 Å². The molecule has 15 aromatic carbocycles. The summed E-state index contributed by atoms with van der Waals surface area (Å²) in [5.41, 5.74) is 26.0. The van der Waals surface area contributed by atoms with E-state index in [1.807, 2.05) is 0 Å². The molecule has 18 rings (SSSR count). The normalized spacial score (nSPS) is 12.1. The molecule has 2 aliphatic rings. The van der Waals surface area contributed by atoms with Crippen LogP contribution in [-0.2, 0) is 0 Å². The number of aromatic nitrogens is 3. The molecule has 3 heterocycles. The van der Waals surface area contributed by atoms with Crippen molar-refractivity contribution in [1.82, 2.24) is 15.0 Å². The van der Waals surface area contributed by atoms with Gasteiger partial charge in [-0.1, -0.05) is 279 Å². The fraction of sp³-hybridized carbons (Fsp3) is 0. The molecule has 0 unspecified atom stereocenters. The number of fused-ring (bicyclic) bond motifs is 8. The fourth-order valence-electron chi connectivity index (χ4n) is 14.5. The molecule has 95 heavy (non-hydrogen) atoms. The zero-order valence-corrected chi connectivity index (χ0v) is 51.8. The van der Waals surface area contributed by atoms with Crippen molar-refractivity contribution >= 4 is 78.8 Å². The third kappa shape index (κ3) is 9.95. The SMILES string of the molecule is c1ccc(-c2ccc(N3c4cc(-c5nc(-c6cc(-c7ccccc7)cc(-c7ccccc7)c6)nc(-c6cc(-c7ccccc7)cc(-c7ccccc7)c6)n5)cc5c4B(c4ccc6ccccc6c43)c3ccc4ccccc4c3N5c3ccc(-c4ccccc4)cc3)cc2)cc1. The lowest BCUT2D eigenvalue weighted by molar-refractivity contribution is 1.07. The number of nitrogens with zero attached hydrogens (tertiary/aromatic N) is 5. The zero-order valence-electron chi connectivity index (χ0n) is 51.8. The Hall–Kier alpha value is -12.5. The van der Waals surface area contributed by atoms with Crippen LogP contribution in [0.5, 0.6) is 0 Å². The first-order valence-electron chi connectivity index (χ1n) is 32.5. The Balaban J connectivity index is 0.953. The standard InChI is InChI=1S/C89H58BN5/c1-7-23-59(24-8-1)65-39-45-76(46-40-65)94-82-57-75(58-83-84(82)90(80-49-43-67-35-19-21-37-78(67)85(80)94)81-50-44-68-36-20-22-38-79(68)86(81)95(83)77-47-41-66(42-48-77)60-25-9-2-10-26-60)89-92-87(73-53-69(61-27-11-3-12-28-61)51-70(54-73)62-29-13-4-14-30-62)91-88(93-89)74-55-71(63-31-15-5-16-32-63)52-72(56-74)64-33-17-6-18-34-64/h1-58H. The van der Waals surface area contributed by atoms with Gasteiger partial charge in [0.2, 0.25) is 0 Å². The van der Waals surface area contributed by atoms with E-state index < -0.39 is 0 Å². The highest BCUT2D eigenvalue weighted by Crippen LogP contribution is 2.50. The molecule has 442 valence electrons. The number of anilines is 6. The minimum absolute atomic E-state index is 0.174. The second kappa shape index (κ2) is 23.3. The Kier molecular flexibility index (Phi) is 13.6. The molecular formula is C89H58BN5. The third-order valence-corrected chi connectivity index (χ3v) is 19.0. The van der Waals surface area contributed by atoms with Crippen LogP contribution in [0.15, 0.2) is 352 Å². The summed E-state index contributed by atoms with van der Waals surface area (Å²) < 4.78 is 0. The molecule has 16 aromatic rings. The van der Waals surface area contributed by atoms with Gasteiger partial charge in [-0.3, -0.25) is 0 Å². The van der Waals surface area contributed by atoms with E-state index in [0.29, 0.717) is 17.5 Å². The van der Waals surface area contributed by atoms with Crippen molar-refractivity contribution in [1.29, 1.82) is 0 Å². The molecule has 6 heteroatoms. The first-order valence-corrected chi connectivity index (χ1v) is 32.5. The molecule has 0 bridgehead atoms. The first-order chi connectivity index (χ1) is 47.1. The first kappa shape index (κ1) is 55.3. The van der Waals surface area contributed by atoms with Gasteiger partial charge in [-0.15, -0.1) is 0 Å². The molecule has 0 saturated carbocycles. The van der Waals surface area contributed by atoms with E-state index in [1.54, 1.807) is 0 Å². The van der Waals surface area contributed by atoms with Crippen LogP contribution in [0.1, 0.15) is 0 Å². The summed E-state index contributed by atoms with van der Waals surface area (Å²) in [7, 11) is 0. The Morgan fingerprint density at radius 3 is 0.800 bits per heavy atom. The average molecular weight is 1210 g/mol. The highest BCUT2D eigenvalue weighted by Gasteiger charge is 2.45. The van der Waals surface area contributed by atoms with Gasteiger partial charge in [-0.05, 0) is 167 Å². The van der Waals surface area contributed by atoms with Crippen LogP contribution in [0, 0.1) is 0 Å². The van der Waals surface area contributed by atoms with Crippen molar-refractivity contribution in [2.75, 3.05) is 9.80 Å². The second-order valence-electron chi connectivity index (χ2n) is 24.7. The van der Waals surface area contributed by atoms with E-state index in [4.69, 9.17) is 15.0 Å². The maximum atomic E-state index is 5.81. The predicted molar refractivity (Wildman–Crippen MR) is 398 cm³/mol. The van der Waals surface area contributed by atoms with E-state index in [9.17, 15) is 0 Å². The molecule has 0 N–H and O–H groups in total. The molecule has 2 aliphatic heterocycles. The summed E-state index contributed by atoms with van der Waals surface area (Å²) in [6.07, 6.45) is 0. The lowest BCUT2D eigenvalue weighted by Gasteiger charge is -2.45. The van der Waals surface area contributed by atoms with E-state index in [1.165, 1.54) is 37.9 Å². The summed E-state index contributed by atoms with van der Waals surface area (Å²) >= 11 is 0. The Bertz CT molecular complexity index is 5120. The summed E-state index contributed by atoms with van der Waals surface area (Å²) in [4.78, 5) is 22.3. The zero-order chi connectivity index (χ0) is 62.8. The van der Waals surface area contributed by atoms with Crippen LogP contribution in [0.3, 0.4) is 0 Å². The molecule has 0 atom stereocenters. The Morgan fingerprint density at radius 2 is 0.474 bits per heavy atom. The number of rotatable bonds is 11. The predicted octanol–water partition coefficient (Wildman–Crippen LogP) is 21.3. The molecule has 0 amide bonds. The lowest BCUT2D eigenvalue weighted by Crippen LogP contribution is -2.61. The maximum absolute atomic E-state index is 5.81. The van der Waals surface area contributed by atoms with E-state index in [-0.39, 0.29) is 6.71 Å². The van der Waals surface area contributed by atoms with E-state index in [2.05, 4.69) is 362 Å². The van der Waals surface area contributed by atoms with Crippen molar-refractivity contribution in [3.05, 3.63) is 352 Å². The molecular weight excluding hydrogens is 1150 g/mol. The highest BCUT2D eigenvalue weighted by atomic mass is 15.2. The van der Waals surface area contributed by atoms with Gasteiger partial charge in [0.15, 0.2) is 17.5 Å².